The van der Waals surface area contributed by atoms with Gasteiger partial charge in [-0.25, -0.2) is 4.98 Å². The zero-order valence-corrected chi connectivity index (χ0v) is 9.59. The second kappa shape index (κ2) is 3.53. The first-order valence-electron chi connectivity index (χ1n) is 4.32. The molecule has 1 heterocycles. The van der Waals surface area contributed by atoms with Crippen molar-refractivity contribution >= 4 is 15.9 Å². The van der Waals surface area contributed by atoms with E-state index >= 15 is 0 Å². The van der Waals surface area contributed by atoms with E-state index in [1.54, 1.807) is 0 Å². The molecule has 0 aliphatic rings. The maximum atomic E-state index is 4.28. The number of H-pyrrole nitrogens is 1. The van der Waals surface area contributed by atoms with Crippen molar-refractivity contribution in [2.75, 3.05) is 0 Å². The minimum Gasteiger partial charge on any atom is -0.263 e. The molecule has 0 unspecified atom stereocenters. The van der Waals surface area contributed by atoms with E-state index < -0.39 is 0 Å². The Hall–Kier alpha value is -1.16. The summed E-state index contributed by atoms with van der Waals surface area (Å²) in [5.74, 6) is 1.57. The normalized spacial score (nSPS) is 10.5. The van der Waals surface area contributed by atoms with E-state index in [9.17, 15) is 0 Å². The van der Waals surface area contributed by atoms with Crippen molar-refractivity contribution in [2.24, 2.45) is 0 Å². The van der Waals surface area contributed by atoms with Crippen molar-refractivity contribution < 1.29 is 0 Å². The number of benzene rings is 1. The number of halogens is 1. The van der Waals surface area contributed by atoms with Crippen LogP contribution in [0.15, 0.2) is 22.7 Å². The fraction of sp³-hybridized carbons (Fsp3) is 0.200. The van der Waals surface area contributed by atoms with Gasteiger partial charge in [-0.15, -0.1) is 0 Å². The van der Waals surface area contributed by atoms with Crippen LogP contribution >= 0.6 is 15.9 Å². The Balaban J connectivity index is 2.51. The SMILES string of the molecule is Cc1cc(Br)cc(-c2n[nH]c(C)n2)c1. The van der Waals surface area contributed by atoms with Crippen molar-refractivity contribution in [1.29, 1.82) is 0 Å². The van der Waals surface area contributed by atoms with Gasteiger partial charge in [0.2, 0.25) is 0 Å². The van der Waals surface area contributed by atoms with Gasteiger partial charge in [-0.2, -0.15) is 5.10 Å². The van der Waals surface area contributed by atoms with Gasteiger partial charge in [0.25, 0.3) is 0 Å². The number of nitrogens with zero attached hydrogens (tertiary/aromatic N) is 2. The molecule has 0 aliphatic heterocycles. The van der Waals surface area contributed by atoms with Crippen molar-refractivity contribution in [2.45, 2.75) is 13.8 Å². The monoisotopic (exact) mass is 251 g/mol. The molecule has 0 fully saturated rings. The van der Waals surface area contributed by atoms with Gasteiger partial charge in [-0.05, 0) is 37.6 Å². The molecule has 3 nitrogen and oxygen atoms in total. The van der Waals surface area contributed by atoms with Crippen LogP contribution in [0.4, 0.5) is 0 Å². The van der Waals surface area contributed by atoms with Crippen LogP contribution in [-0.4, -0.2) is 15.2 Å². The lowest BCUT2D eigenvalue weighted by Crippen LogP contribution is -1.83. The van der Waals surface area contributed by atoms with Gasteiger partial charge in [0.15, 0.2) is 5.82 Å². The van der Waals surface area contributed by atoms with E-state index in [0.717, 1.165) is 21.7 Å². The highest BCUT2D eigenvalue weighted by Crippen LogP contribution is 2.21. The number of rotatable bonds is 1. The lowest BCUT2D eigenvalue weighted by Gasteiger charge is -1.99. The number of aryl methyl sites for hydroxylation is 2. The van der Waals surface area contributed by atoms with E-state index in [-0.39, 0.29) is 0 Å². The quantitative estimate of drug-likeness (QED) is 0.847. The van der Waals surface area contributed by atoms with Crippen LogP contribution in [0.2, 0.25) is 0 Å². The highest BCUT2D eigenvalue weighted by Gasteiger charge is 2.04. The molecular weight excluding hydrogens is 242 g/mol. The summed E-state index contributed by atoms with van der Waals surface area (Å²) >= 11 is 3.45. The van der Waals surface area contributed by atoms with E-state index in [4.69, 9.17) is 0 Å². The first-order valence-corrected chi connectivity index (χ1v) is 5.11. The summed E-state index contributed by atoms with van der Waals surface area (Å²) in [5, 5.41) is 6.94. The van der Waals surface area contributed by atoms with Gasteiger partial charge < -0.3 is 0 Å². The zero-order chi connectivity index (χ0) is 10.1. The summed E-state index contributed by atoms with van der Waals surface area (Å²) in [6.07, 6.45) is 0. The number of nitrogens with one attached hydrogen (secondary N) is 1. The van der Waals surface area contributed by atoms with E-state index in [1.165, 1.54) is 5.56 Å². The molecule has 2 rings (SSSR count). The lowest BCUT2D eigenvalue weighted by atomic mass is 10.1. The molecule has 0 atom stereocenters. The van der Waals surface area contributed by atoms with Crippen LogP contribution in [0.3, 0.4) is 0 Å². The molecule has 1 aromatic carbocycles. The molecule has 0 saturated heterocycles. The standard InChI is InChI=1S/C10H10BrN3/c1-6-3-8(5-9(11)4-6)10-12-7(2)13-14-10/h3-5H,1-2H3,(H,12,13,14). The Kier molecular flexibility index (Phi) is 2.37. The summed E-state index contributed by atoms with van der Waals surface area (Å²) in [7, 11) is 0. The van der Waals surface area contributed by atoms with Crippen LogP contribution < -0.4 is 0 Å². The van der Waals surface area contributed by atoms with Gasteiger partial charge in [-0.1, -0.05) is 15.9 Å². The van der Waals surface area contributed by atoms with Gasteiger partial charge in [-0.3, -0.25) is 5.10 Å². The van der Waals surface area contributed by atoms with E-state index in [2.05, 4.69) is 43.2 Å². The number of hydrogen-bond donors (Lipinski definition) is 1. The van der Waals surface area contributed by atoms with Crippen molar-refractivity contribution in [3.63, 3.8) is 0 Å². The second-order valence-electron chi connectivity index (χ2n) is 3.26. The molecule has 4 heteroatoms. The minimum atomic E-state index is 0.743. The number of hydrogen-bond acceptors (Lipinski definition) is 2. The summed E-state index contributed by atoms with van der Waals surface area (Å²) in [6, 6.07) is 6.13. The van der Waals surface area contributed by atoms with Crippen molar-refractivity contribution in [1.82, 2.24) is 15.2 Å². The second-order valence-corrected chi connectivity index (χ2v) is 4.18. The molecule has 0 bridgehead atoms. The number of aromatic amines is 1. The molecular formula is C10H10BrN3. The Morgan fingerprint density at radius 3 is 2.57 bits per heavy atom. The topological polar surface area (TPSA) is 41.6 Å². The highest BCUT2D eigenvalue weighted by molar-refractivity contribution is 9.10. The Morgan fingerprint density at radius 2 is 2.00 bits per heavy atom. The summed E-state index contributed by atoms with van der Waals surface area (Å²) in [4.78, 5) is 4.28. The first kappa shape index (κ1) is 9.40. The predicted molar refractivity (Wildman–Crippen MR) is 59.0 cm³/mol. The van der Waals surface area contributed by atoms with Crippen LogP contribution in [-0.2, 0) is 0 Å². The third kappa shape index (κ3) is 1.85. The maximum Gasteiger partial charge on any atom is 0.181 e. The van der Waals surface area contributed by atoms with Crippen LogP contribution in [0, 0.1) is 13.8 Å². The molecule has 14 heavy (non-hydrogen) atoms. The Morgan fingerprint density at radius 1 is 1.21 bits per heavy atom. The third-order valence-electron chi connectivity index (χ3n) is 1.90. The average molecular weight is 252 g/mol. The lowest BCUT2D eigenvalue weighted by molar-refractivity contribution is 1.04. The molecule has 72 valence electrons. The summed E-state index contributed by atoms with van der Waals surface area (Å²) in [6.45, 7) is 3.94. The molecule has 1 aromatic heterocycles. The van der Waals surface area contributed by atoms with Crippen molar-refractivity contribution in [3.8, 4) is 11.4 Å². The molecule has 0 amide bonds. The van der Waals surface area contributed by atoms with Gasteiger partial charge in [0.05, 0.1) is 0 Å². The van der Waals surface area contributed by atoms with Gasteiger partial charge in [0, 0.05) is 10.0 Å². The zero-order valence-electron chi connectivity index (χ0n) is 8.00. The van der Waals surface area contributed by atoms with Gasteiger partial charge in [0.1, 0.15) is 5.82 Å². The molecule has 2 aromatic rings. The predicted octanol–water partition coefficient (Wildman–Crippen LogP) is 2.85. The third-order valence-corrected chi connectivity index (χ3v) is 2.36. The molecule has 0 aliphatic carbocycles. The fourth-order valence-corrected chi connectivity index (χ4v) is 1.94. The van der Waals surface area contributed by atoms with Crippen molar-refractivity contribution in [3.05, 3.63) is 34.1 Å². The van der Waals surface area contributed by atoms with Gasteiger partial charge >= 0.3 is 0 Å². The smallest absolute Gasteiger partial charge is 0.181 e. The Labute approximate surface area is 90.7 Å². The van der Waals surface area contributed by atoms with E-state index in [0.29, 0.717) is 0 Å². The summed E-state index contributed by atoms with van der Waals surface area (Å²) in [5.41, 5.74) is 2.22. The first-order chi connectivity index (χ1) is 6.65. The minimum absolute atomic E-state index is 0.743. The average Bonchev–Trinajstić information content (AvgIpc) is 2.50. The molecule has 0 radical (unpaired) electrons. The maximum absolute atomic E-state index is 4.28. The van der Waals surface area contributed by atoms with Crippen LogP contribution in [0.1, 0.15) is 11.4 Å². The number of aromatic nitrogens is 3. The van der Waals surface area contributed by atoms with E-state index in [1.807, 2.05) is 19.9 Å². The largest absolute Gasteiger partial charge is 0.263 e. The molecule has 0 spiro atoms. The summed E-state index contributed by atoms with van der Waals surface area (Å²) < 4.78 is 1.05. The highest BCUT2D eigenvalue weighted by atomic mass is 79.9. The molecule has 1 N–H and O–H groups in total. The Bertz CT molecular complexity index is 442. The fourth-order valence-electron chi connectivity index (χ4n) is 1.34. The van der Waals surface area contributed by atoms with Crippen LogP contribution in [0.5, 0.6) is 0 Å². The molecule has 0 saturated carbocycles. The van der Waals surface area contributed by atoms with Crippen LogP contribution in [0.25, 0.3) is 11.4 Å².